The molecule has 0 radical (unpaired) electrons. The Labute approximate surface area is 133 Å². The average molecular weight is 318 g/mol. The summed E-state index contributed by atoms with van der Waals surface area (Å²) in [5, 5.41) is 20.9. The topological polar surface area (TPSA) is 93.7 Å². The lowest BCUT2D eigenvalue weighted by Crippen LogP contribution is -2.39. The molecule has 23 heavy (non-hydrogen) atoms. The van der Waals surface area contributed by atoms with Gasteiger partial charge >= 0.3 is 5.82 Å². The van der Waals surface area contributed by atoms with Gasteiger partial charge < -0.3 is 24.9 Å². The number of rotatable bonds is 3. The maximum atomic E-state index is 11.3. The largest absolute Gasteiger partial charge is 0.508 e. The summed E-state index contributed by atoms with van der Waals surface area (Å²) in [5.41, 5.74) is 0.844. The molecule has 3 rings (SSSR count). The number of aromatic nitrogens is 2. The fourth-order valence-corrected chi connectivity index (χ4v) is 2.83. The van der Waals surface area contributed by atoms with Crippen molar-refractivity contribution in [2.45, 2.75) is 13.0 Å². The Morgan fingerprint density at radius 2 is 2.26 bits per heavy atom. The van der Waals surface area contributed by atoms with Crippen molar-refractivity contribution in [2.24, 2.45) is 7.05 Å². The Morgan fingerprint density at radius 3 is 2.96 bits per heavy atom. The third kappa shape index (κ3) is 2.85. The minimum Gasteiger partial charge on any atom is -0.508 e. The maximum absolute atomic E-state index is 11.3. The van der Waals surface area contributed by atoms with E-state index in [0.717, 1.165) is 5.56 Å². The van der Waals surface area contributed by atoms with Gasteiger partial charge in [-0.2, -0.15) is 0 Å². The van der Waals surface area contributed by atoms with Gasteiger partial charge in [0.25, 0.3) is 0 Å². The summed E-state index contributed by atoms with van der Waals surface area (Å²) in [4.78, 5) is 16.8. The molecule has 1 aromatic heterocycles. The van der Waals surface area contributed by atoms with E-state index in [0.29, 0.717) is 31.3 Å². The van der Waals surface area contributed by atoms with Gasteiger partial charge in [-0.3, -0.25) is 4.57 Å². The predicted molar refractivity (Wildman–Crippen MR) is 83.6 cm³/mol. The van der Waals surface area contributed by atoms with Crippen LogP contribution in [0.2, 0.25) is 0 Å². The zero-order valence-corrected chi connectivity index (χ0v) is 13.0. The zero-order chi connectivity index (χ0) is 16.6. The molecule has 1 aromatic carbocycles. The molecule has 0 saturated carbocycles. The van der Waals surface area contributed by atoms with E-state index >= 15 is 0 Å². The first-order valence-corrected chi connectivity index (χ1v) is 7.30. The number of anilines is 1. The van der Waals surface area contributed by atoms with Crippen molar-refractivity contribution < 1.29 is 14.8 Å². The van der Waals surface area contributed by atoms with Crippen LogP contribution in [0.1, 0.15) is 17.5 Å². The fourth-order valence-electron chi connectivity index (χ4n) is 2.83. The molecular formula is C15H18N4O4. The molecule has 8 heteroatoms. The molecule has 1 unspecified atom stereocenters. The van der Waals surface area contributed by atoms with Gasteiger partial charge in [-0.25, -0.2) is 0 Å². The van der Waals surface area contributed by atoms with Crippen molar-refractivity contribution in [3.8, 4) is 5.75 Å². The minimum absolute atomic E-state index is 0.137. The Balaban J connectivity index is 1.91. The molecule has 1 atom stereocenters. The first-order chi connectivity index (χ1) is 11.0. The maximum Gasteiger partial charge on any atom is 0.406 e. The molecule has 2 aromatic rings. The number of aromatic hydroxyl groups is 1. The van der Waals surface area contributed by atoms with Crippen molar-refractivity contribution in [1.29, 1.82) is 0 Å². The smallest absolute Gasteiger partial charge is 0.406 e. The van der Waals surface area contributed by atoms with Gasteiger partial charge in [0, 0.05) is 20.5 Å². The molecule has 1 saturated heterocycles. The number of phenolic OH excluding ortho intramolecular Hbond substituents is 1. The third-order valence-corrected chi connectivity index (χ3v) is 4.05. The van der Waals surface area contributed by atoms with Crippen LogP contribution in [-0.2, 0) is 11.8 Å². The highest BCUT2D eigenvalue weighted by atomic mass is 16.6. The number of phenols is 1. The van der Waals surface area contributed by atoms with Gasteiger partial charge in [-0.15, -0.1) is 0 Å². The van der Waals surface area contributed by atoms with Crippen molar-refractivity contribution in [3.63, 3.8) is 0 Å². The summed E-state index contributed by atoms with van der Waals surface area (Å²) < 4.78 is 7.49. The predicted octanol–water partition coefficient (Wildman–Crippen LogP) is 1.92. The van der Waals surface area contributed by atoms with Crippen LogP contribution in [0.3, 0.4) is 0 Å². The summed E-state index contributed by atoms with van der Waals surface area (Å²) in [7, 11) is 1.77. The highest BCUT2D eigenvalue weighted by Crippen LogP contribution is 2.33. The molecule has 0 bridgehead atoms. The van der Waals surface area contributed by atoms with Crippen LogP contribution < -0.4 is 4.90 Å². The second-order valence-corrected chi connectivity index (χ2v) is 5.52. The van der Waals surface area contributed by atoms with Crippen LogP contribution >= 0.6 is 0 Å². The first-order valence-electron chi connectivity index (χ1n) is 7.30. The first kappa shape index (κ1) is 15.3. The summed E-state index contributed by atoms with van der Waals surface area (Å²) >= 11 is 0. The average Bonchev–Trinajstić information content (AvgIpc) is 2.83. The standard InChI is InChI=1S/C15H18N4O4/c1-10-16-14(19(21)22)15(17(10)2)18-6-7-23-13(9-18)11-4-3-5-12(20)8-11/h3-5,8,13,20H,6-7,9H2,1-2H3. The molecule has 1 fully saturated rings. The molecule has 1 aliphatic heterocycles. The van der Waals surface area contributed by atoms with Gasteiger partial charge in [0.15, 0.2) is 0 Å². The monoisotopic (exact) mass is 318 g/mol. The Bertz CT molecular complexity index is 743. The van der Waals surface area contributed by atoms with E-state index in [1.165, 1.54) is 0 Å². The van der Waals surface area contributed by atoms with Crippen molar-refractivity contribution in [1.82, 2.24) is 9.55 Å². The number of morpholine rings is 1. The van der Waals surface area contributed by atoms with Crippen LogP contribution in [0.5, 0.6) is 5.75 Å². The molecule has 0 amide bonds. The second kappa shape index (κ2) is 5.88. The molecule has 122 valence electrons. The lowest BCUT2D eigenvalue weighted by molar-refractivity contribution is -0.388. The van der Waals surface area contributed by atoms with Crippen LogP contribution in [0.4, 0.5) is 11.6 Å². The van der Waals surface area contributed by atoms with Crippen molar-refractivity contribution in [2.75, 3.05) is 24.6 Å². The van der Waals surface area contributed by atoms with E-state index in [9.17, 15) is 15.2 Å². The number of nitrogens with zero attached hydrogens (tertiary/aromatic N) is 4. The number of nitro groups is 1. The number of benzene rings is 1. The van der Waals surface area contributed by atoms with Crippen LogP contribution in [0, 0.1) is 17.0 Å². The Kier molecular flexibility index (Phi) is 3.91. The van der Waals surface area contributed by atoms with Gasteiger partial charge in [0.1, 0.15) is 11.9 Å². The van der Waals surface area contributed by atoms with Crippen LogP contribution in [0.15, 0.2) is 24.3 Å². The molecule has 0 aliphatic carbocycles. The lowest BCUT2D eigenvalue weighted by atomic mass is 10.1. The summed E-state index contributed by atoms with van der Waals surface area (Å²) in [6, 6.07) is 6.87. The van der Waals surface area contributed by atoms with E-state index in [1.807, 2.05) is 11.0 Å². The number of hydrogen-bond donors (Lipinski definition) is 1. The molecular weight excluding hydrogens is 300 g/mol. The van der Waals surface area contributed by atoms with Gasteiger partial charge in [-0.05, 0) is 27.6 Å². The second-order valence-electron chi connectivity index (χ2n) is 5.52. The van der Waals surface area contributed by atoms with Gasteiger partial charge in [-0.1, -0.05) is 12.1 Å². The number of imidazole rings is 1. The number of hydrogen-bond acceptors (Lipinski definition) is 6. The quantitative estimate of drug-likeness (QED) is 0.686. The highest BCUT2D eigenvalue weighted by molar-refractivity contribution is 5.56. The normalized spacial score (nSPS) is 18.2. The number of aryl methyl sites for hydroxylation is 1. The molecule has 2 heterocycles. The molecule has 1 aliphatic rings. The van der Waals surface area contributed by atoms with E-state index in [4.69, 9.17) is 4.74 Å². The lowest BCUT2D eigenvalue weighted by Gasteiger charge is -2.34. The van der Waals surface area contributed by atoms with Crippen molar-refractivity contribution in [3.05, 3.63) is 45.8 Å². The molecule has 0 spiro atoms. The van der Waals surface area contributed by atoms with Crippen LogP contribution in [0.25, 0.3) is 0 Å². The van der Waals surface area contributed by atoms with E-state index in [-0.39, 0.29) is 17.7 Å². The van der Waals surface area contributed by atoms with Gasteiger partial charge in [0.2, 0.25) is 11.6 Å². The van der Waals surface area contributed by atoms with Crippen LogP contribution in [-0.4, -0.2) is 39.3 Å². The van der Waals surface area contributed by atoms with E-state index < -0.39 is 4.92 Å². The Hall–Kier alpha value is -2.61. The minimum atomic E-state index is -0.457. The number of ether oxygens (including phenoxy) is 1. The fraction of sp³-hybridized carbons (Fsp3) is 0.400. The zero-order valence-electron chi connectivity index (χ0n) is 13.0. The highest BCUT2D eigenvalue weighted by Gasteiger charge is 2.32. The Morgan fingerprint density at radius 1 is 1.48 bits per heavy atom. The van der Waals surface area contributed by atoms with E-state index in [2.05, 4.69) is 4.98 Å². The summed E-state index contributed by atoms with van der Waals surface area (Å²) in [6.07, 6.45) is -0.259. The summed E-state index contributed by atoms with van der Waals surface area (Å²) in [5.74, 6) is 1.11. The molecule has 8 nitrogen and oxygen atoms in total. The third-order valence-electron chi connectivity index (χ3n) is 4.05. The van der Waals surface area contributed by atoms with Crippen molar-refractivity contribution >= 4 is 11.6 Å². The van der Waals surface area contributed by atoms with E-state index in [1.54, 1.807) is 36.7 Å². The molecule has 1 N–H and O–H groups in total. The SMILES string of the molecule is Cc1nc([N+](=O)[O-])c(N2CCOC(c3cccc(O)c3)C2)n1C. The van der Waals surface area contributed by atoms with Gasteiger partial charge in [0.05, 0.1) is 13.2 Å². The summed E-state index contributed by atoms with van der Waals surface area (Å²) in [6.45, 7) is 3.20.